The first-order chi connectivity index (χ1) is 5.40. The summed E-state index contributed by atoms with van der Waals surface area (Å²) in [4.78, 5) is 10.6. The lowest BCUT2D eigenvalue weighted by Gasteiger charge is -2.22. The Labute approximate surface area is 72.6 Å². The van der Waals surface area contributed by atoms with E-state index in [4.69, 9.17) is 10.2 Å². The molecule has 0 saturated heterocycles. The summed E-state index contributed by atoms with van der Waals surface area (Å²) in [6, 6.07) is 0. The molecule has 1 unspecified atom stereocenters. The van der Waals surface area contributed by atoms with E-state index in [-0.39, 0.29) is 12.5 Å². The summed E-state index contributed by atoms with van der Waals surface area (Å²) >= 11 is 0. The number of rotatable bonds is 5. The molecular formula is C8H17NO3. The second-order valence-electron chi connectivity index (χ2n) is 3.60. The average molecular weight is 175 g/mol. The normalized spacial score (nSPS) is 14.3. The van der Waals surface area contributed by atoms with Crippen molar-refractivity contribution < 1.29 is 15.0 Å². The quantitative estimate of drug-likeness (QED) is 0.553. The van der Waals surface area contributed by atoms with Gasteiger partial charge in [-0.15, -0.1) is 0 Å². The molecule has 0 fully saturated rings. The summed E-state index contributed by atoms with van der Waals surface area (Å²) in [6.45, 7) is 5.63. The van der Waals surface area contributed by atoms with E-state index < -0.39 is 11.5 Å². The highest BCUT2D eigenvalue weighted by molar-refractivity contribution is 5.77. The van der Waals surface area contributed by atoms with Crippen molar-refractivity contribution in [1.29, 1.82) is 0 Å². The van der Waals surface area contributed by atoms with Crippen LogP contribution in [0.25, 0.3) is 0 Å². The Morgan fingerprint density at radius 1 is 1.58 bits per heavy atom. The third-order valence-corrected chi connectivity index (χ3v) is 1.74. The fourth-order valence-electron chi connectivity index (χ4n) is 0.570. The van der Waals surface area contributed by atoms with Crippen molar-refractivity contribution in [2.24, 2.45) is 5.92 Å². The molecule has 0 aliphatic carbocycles. The Morgan fingerprint density at radius 2 is 2.08 bits per heavy atom. The fraction of sp³-hybridized carbons (Fsp3) is 0.875. The van der Waals surface area contributed by atoms with Crippen LogP contribution in [0.2, 0.25) is 0 Å². The van der Waals surface area contributed by atoms with Crippen LogP contribution in [0, 0.1) is 5.92 Å². The first kappa shape index (κ1) is 11.4. The summed E-state index contributed by atoms with van der Waals surface area (Å²) in [5, 5.41) is 20.2. The van der Waals surface area contributed by atoms with Gasteiger partial charge in [0, 0.05) is 13.2 Å². The minimum Gasteiger partial charge on any atom is -0.480 e. The summed E-state index contributed by atoms with van der Waals surface area (Å²) < 4.78 is 0. The SMILES string of the molecule is CC(CO)CNC(C)(C)C(=O)O. The van der Waals surface area contributed by atoms with E-state index in [0.717, 1.165) is 0 Å². The van der Waals surface area contributed by atoms with Crippen LogP contribution in [0.3, 0.4) is 0 Å². The van der Waals surface area contributed by atoms with Gasteiger partial charge in [0.15, 0.2) is 0 Å². The fourth-order valence-corrected chi connectivity index (χ4v) is 0.570. The van der Waals surface area contributed by atoms with Crippen LogP contribution in [0.5, 0.6) is 0 Å². The van der Waals surface area contributed by atoms with Gasteiger partial charge in [0.1, 0.15) is 5.54 Å². The highest BCUT2D eigenvalue weighted by atomic mass is 16.4. The van der Waals surface area contributed by atoms with Gasteiger partial charge >= 0.3 is 5.97 Å². The van der Waals surface area contributed by atoms with Crippen molar-refractivity contribution in [2.45, 2.75) is 26.3 Å². The first-order valence-electron chi connectivity index (χ1n) is 3.99. The van der Waals surface area contributed by atoms with E-state index in [1.807, 2.05) is 6.92 Å². The molecular weight excluding hydrogens is 158 g/mol. The van der Waals surface area contributed by atoms with Gasteiger partial charge in [-0.25, -0.2) is 0 Å². The predicted octanol–water partition coefficient (Wildman–Crippen LogP) is 0.0676. The third kappa shape index (κ3) is 3.69. The molecule has 72 valence electrons. The number of hydrogen-bond acceptors (Lipinski definition) is 3. The number of nitrogens with one attached hydrogen (secondary N) is 1. The predicted molar refractivity (Wildman–Crippen MR) is 46.0 cm³/mol. The maximum atomic E-state index is 10.6. The monoisotopic (exact) mass is 175 g/mol. The van der Waals surface area contributed by atoms with Crippen molar-refractivity contribution in [1.82, 2.24) is 5.32 Å². The molecule has 1 atom stereocenters. The van der Waals surface area contributed by atoms with Crippen LogP contribution in [-0.2, 0) is 4.79 Å². The van der Waals surface area contributed by atoms with Crippen molar-refractivity contribution >= 4 is 5.97 Å². The van der Waals surface area contributed by atoms with Crippen molar-refractivity contribution in [2.75, 3.05) is 13.2 Å². The molecule has 0 aromatic rings. The van der Waals surface area contributed by atoms with Crippen LogP contribution >= 0.6 is 0 Å². The van der Waals surface area contributed by atoms with E-state index in [9.17, 15) is 4.79 Å². The van der Waals surface area contributed by atoms with Crippen LogP contribution in [-0.4, -0.2) is 34.9 Å². The summed E-state index contributed by atoms with van der Waals surface area (Å²) in [5.41, 5.74) is -0.913. The molecule has 0 saturated carbocycles. The summed E-state index contributed by atoms with van der Waals surface area (Å²) in [7, 11) is 0. The van der Waals surface area contributed by atoms with Crippen molar-refractivity contribution in [3.8, 4) is 0 Å². The Hall–Kier alpha value is -0.610. The second-order valence-corrected chi connectivity index (χ2v) is 3.60. The van der Waals surface area contributed by atoms with Gasteiger partial charge in [0.05, 0.1) is 0 Å². The lowest BCUT2D eigenvalue weighted by atomic mass is 10.0. The molecule has 3 N–H and O–H groups in total. The standard InChI is InChI=1S/C8H17NO3/c1-6(5-10)4-9-8(2,3)7(11)12/h6,9-10H,4-5H2,1-3H3,(H,11,12). The number of carboxylic acid groups (broad SMARTS) is 1. The van der Waals surface area contributed by atoms with E-state index in [2.05, 4.69) is 5.32 Å². The van der Waals surface area contributed by atoms with Gasteiger partial charge in [-0.2, -0.15) is 0 Å². The van der Waals surface area contributed by atoms with E-state index >= 15 is 0 Å². The minimum absolute atomic E-state index is 0.0721. The highest BCUT2D eigenvalue weighted by Crippen LogP contribution is 2.02. The van der Waals surface area contributed by atoms with Gasteiger partial charge < -0.3 is 15.5 Å². The van der Waals surface area contributed by atoms with Crippen molar-refractivity contribution in [3.63, 3.8) is 0 Å². The molecule has 0 rings (SSSR count). The molecule has 0 radical (unpaired) electrons. The molecule has 0 aromatic carbocycles. The molecule has 0 bridgehead atoms. The lowest BCUT2D eigenvalue weighted by Crippen LogP contribution is -2.48. The van der Waals surface area contributed by atoms with Crippen molar-refractivity contribution in [3.05, 3.63) is 0 Å². The number of aliphatic hydroxyl groups is 1. The zero-order valence-electron chi connectivity index (χ0n) is 7.79. The highest BCUT2D eigenvalue weighted by Gasteiger charge is 2.26. The zero-order chi connectivity index (χ0) is 9.78. The number of aliphatic carboxylic acids is 1. The third-order valence-electron chi connectivity index (χ3n) is 1.74. The second kappa shape index (κ2) is 4.42. The Morgan fingerprint density at radius 3 is 2.42 bits per heavy atom. The molecule has 12 heavy (non-hydrogen) atoms. The molecule has 0 spiro atoms. The van der Waals surface area contributed by atoms with Gasteiger partial charge in [0.2, 0.25) is 0 Å². The van der Waals surface area contributed by atoms with Crippen LogP contribution in [0.15, 0.2) is 0 Å². The number of carboxylic acids is 1. The molecule has 0 amide bonds. The van der Waals surface area contributed by atoms with Gasteiger partial charge in [-0.3, -0.25) is 4.79 Å². The molecule has 0 aliphatic heterocycles. The van der Waals surface area contributed by atoms with E-state index in [1.165, 1.54) is 0 Å². The van der Waals surface area contributed by atoms with E-state index in [0.29, 0.717) is 6.54 Å². The smallest absolute Gasteiger partial charge is 0.323 e. The maximum Gasteiger partial charge on any atom is 0.323 e. The van der Waals surface area contributed by atoms with Gasteiger partial charge in [0.25, 0.3) is 0 Å². The maximum absolute atomic E-state index is 10.6. The Balaban J connectivity index is 3.83. The number of aliphatic hydroxyl groups excluding tert-OH is 1. The molecule has 0 aliphatic rings. The zero-order valence-corrected chi connectivity index (χ0v) is 7.79. The Kier molecular flexibility index (Phi) is 4.20. The molecule has 4 heteroatoms. The lowest BCUT2D eigenvalue weighted by molar-refractivity contribution is -0.143. The first-order valence-corrected chi connectivity index (χ1v) is 3.99. The number of hydrogen-bond donors (Lipinski definition) is 3. The van der Waals surface area contributed by atoms with Gasteiger partial charge in [-0.05, 0) is 19.8 Å². The Bertz CT molecular complexity index is 156. The largest absolute Gasteiger partial charge is 0.480 e. The summed E-state index contributed by atoms with van der Waals surface area (Å²) in [5.74, 6) is -0.795. The average Bonchev–Trinajstić information content (AvgIpc) is 2.00. The molecule has 0 heterocycles. The molecule has 4 nitrogen and oxygen atoms in total. The number of carbonyl (C=O) groups is 1. The summed E-state index contributed by atoms with van der Waals surface area (Å²) in [6.07, 6.45) is 0. The topological polar surface area (TPSA) is 69.6 Å². The minimum atomic E-state index is -0.913. The van der Waals surface area contributed by atoms with Crippen LogP contribution < -0.4 is 5.32 Å². The molecule has 0 aromatic heterocycles. The van der Waals surface area contributed by atoms with E-state index in [1.54, 1.807) is 13.8 Å². The van der Waals surface area contributed by atoms with Crippen LogP contribution in [0.1, 0.15) is 20.8 Å². The van der Waals surface area contributed by atoms with Crippen LogP contribution in [0.4, 0.5) is 0 Å². The van der Waals surface area contributed by atoms with Gasteiger partial charge in [-0.1, -0.05) is 6.92 Å².